The molecule has 4 aromatic rings. The third-order valence-corrected chi connectivity index (χ3v) is 9.43. The smallest absolute Gasteiger partial charge is 0.264 e. The number of aryl methyl sites for hydroxylation is 1. The van der Waals surface area contributed by atoms with Gasteiger partial charge in [0, 0.05) is 12.6 Å². The van der Waals surface area contributed by atoms with Gasteiger partial charge in [-0.3, -0.25) is 13.9 Å². The van der Waals surface area contributed by atoms with E-state index in [2.05, 4.69) is 5.32 Å². The molecule has 0 spiro atoms. The van der Waals surface area contributed by atoms with Gasteiger partial charge < -0.3 is 15.0 Å². The maximum absolute atomic E-state index is 14.1. The van der Waals surface area contributed by atoms with Crippen molar-refractivity contribution < 1.29 is 22.7 Å². The van der Waals surface area contributed by atoms with Gasteiger partial charge in [0.05, 0.1) is 10.6 Å². The third-order valence-electron chi connectivity index (χ3n) is 7.64. The van der Waals surface area contributed by atoms with Gasteiger partial charge in [0.2, 0.25) is 11.8 Å². The number of nitrogens with one attached hydrogen (secondary N) is 1. The highest BCUT2D eigenvalue weighted by atomic mass is 32.2. The van der Waals surface area contributed by atoms with E-state index in [0.717, 1.165) is 21.9 Å². The molecule has 0 aromatic heterocycles. The highest BCUT2D eigenvalue weighted by Gasteiger charge is 2.32. The number of carbonyl (C=O) groups excluding carboxylic acids is 2. The van der Waals surface area contributed by atoms with E-state index in [1.165, 1.54) is 17.0 Å². The summed E-state index contributed by atoms with van der Waals surface area (Å²) in [5, 5.41) is 2.96. The molecule has 0 aliphatic carbocycles. The summed E-state index contributed by atoms with van der Waals surface area (Å²) in [6.45, 7) is 7.17. The average molecular weight is 628 g/mol. The van der Waals surface area contributed by atoms with Crippen LogP contribution in [0.25, 0.3) is 0 Å². The van der Waals surface area contributed by atoms with Gasteiger partial charge >= 0.3 is 0 Å². The Balaban J connectivity index is 1.67. The monoisotopic (exact) mass is 627 g/mol. The Kier molecular flexibility index (Phi) is 11.4. The number of nitrogens with zero attached hydrogens (tertiary/aromatic N) is 2. The Labute approximate surface area is 266 Å². The van der Waals surface area contributed by atoms with Gasteiger partial charge in [-0.1, -0.05) is 73.2 Å². The highest BCUT2D eigenvalue weighted by Crippen LogP contribution is 2.28. The number of sulfonamides is 1. The number of hydrogen-bond acceptors (Lipinski definition) is 5. The molecule has 2 atom stereocenters. The molecular weight excluding hydrogens is 586 g/mol. The molecule has 2 amide bonds. The van der Waals surface area contributed by atoms with Crippen LogP contribution in [-0.2, 0) is 26.0 Å². The van der Waals surface area contributed by atoms with Crippen molar-refractivity contribution in [2.75, 3.05) is 17.4 Å². The van der Waals surface area contributed by atoms with Crippen LogP contribution in [0, 0.1) is 6.92 Å². The fraction of sp³-hybridized carbons (Fsp3) is 0.278. The molecule has 0 saturated heterocycles. The van der Waals surface area contributed by atoms with Gasteiger partial charge in [-0.05, 0) is 87.7 Å². The second-order valence-corrected chi connectivity index (χ2v) is 12.9. The van der Waals surface area contributed by atoms with E-state index in [1.807, 2.05) is 81.4 Å². The molecule has 4 rings (SSSR count). The SMILES string of the molecule is CC[C@@H](C)NC(=O)[C@H](C)N(CCc1ccccc1)C(=O)CN(c1ccc(Oc2ccccc2)cc1)S(=O)(=O)c1ccc(C)cc1. The van der Waals surface area contributed by atoms with Gasteiger partial charge in [-0.2, -0.15) is 0 Å². The van der Waals surface area contributed by atoms with Crippen LogP contribution < -0.4 is 14.4 Å². The fourth-order valence-corrected chi connectivity index (χ4v) is 6.12. The number of benzene rings is 4. The lowest BCUT2D eigenvalue weighted by molar-refractivity contribution is -0.139. The molecule has 0 bridgehead atoms. The lowest BCUT2D eigenvalue weighted by Gasteiger charge is -2.32. The largest absolute Gasteiger partial charge is 0.457 e. The summed E-state index contributed by atoms with van der Waals surface area (Å²) in [6.07, 6.45) is 1.24. The Morgan fingerprint density at radius 3 is 1.98 bits per heavy atom. The molecule has 0 aliphatic heterocycles. The number of rotatable bonds is 14. The predicted octanol–water partition coefficient (Wildman–Crippen LogP) is 6.36. The summed E-state index contributed by atoms with van der Waals surface area (Å²) in [5.41, 5.74) is 2.21. The van der Waals surface area contributed by atoms with Crippen molar-refractivity contribution >= 4 is 27.5 Å². The fourth-order valence-electron chi connectivity index (χ4n) is 4.71. The quantitative estimate of drug-likeness (QED) is 0.176. The van der Waals surface area contributed by atoms with Crippen LogP contribution in [-0.4, -0.2) is 50.3 Å². The second-order valence-electron chi connectivity index (χ2n) is 11.1. The number of ether oxygens (including phenoxy) is 1. The number of anilines is 1. The van der Waals surface area contributed by atoms with E-state index in [1.54, 1.807) is 43.3 Å². The zero-order valence-electron chi connectivity index (χ0n) is 26.2. The molecule has 1 N–H and O–H groups in total. The number of para-hydroxylation sites is 1. The van der Waals surface area contributed by atoms with Crippen LogP contribution >= 0.6 is 0 Å². The molecule has 0 saturated carbocycles. The summed E-state index contributed by atoms with van der Waals surface area (Å²) >= 11 is 0. The molecule has 9 heteroatoms. The van der Waals surface area contributed by atoms with Crippen LogP contribution in [0.2, 0.25) is 0 Å². The van der Waals surface area contributed by atoms with Crippen molar-refractivity contribution in [2.24, 2.45) is 0 Å². The van der Waals surface area contributed by atoms with Crippen LogP contribution in [0.5, 0.6) is 11.5 Å². The summed E-state index contributed by atoms with van der Waals surface area (Å²) in [5.74, 6) is 0.381. The summed E-state index contributed by atoms with van der Waals surface area (Å²) in [4.78, 5) is 28.8. The van der Waals surface area contributed by atoms with Crippen LogP contribution in [0.1, 0.15) is 38.3 Å². The highest BCUT2D eigenvalue weighted by molar-refractivity contribution is 7.92. The zero-order valence-corrected chi connectivity index (χ0v) is 27.0. The van der Waals surface area contributed by atoms with E-state index >= 15 is 0 Å². The Hall–Kier alpha value is -4.63. The molecular formula is C36H41N3O5S. The van der Waals surface area contributed by atoms with E-state index in [-0.39, 0.29) is 23.4 Å². The second kappa shape index (κ2) is 15.4. The van der Waals surface area contributed by atoms with Gasteiger partial charge in [-0.15, -0.1) is 0 Å². The van der Waals surface area contributed by atoms with Crippen LogP contribution in [0.4, 0.5) is 5.69 Å². The van der Waals surface area contributed by atoms with Gasteiger partial charge in [-0.25, -0.2) is 8.42 Å². The molecule has 0 radical (unpaired) electrons. The van der Waals surface area contributed by atoms with Gasteiger partial charge in [0.1, 0.15) is 24.1 Å². The predicted molar refractivity (Wildman–Crippen MR) is 178 cm³/mol. The van der Waals surface area contributed by atoms with Crippen molar-refractivity contribution in [2.45, 2.75) is 57.5 Å². The lowest BCUT2D eigenvalue weighted by atomic mass is 10.1. The zero-order chi connectivity index (χ0) is 32.4. The van der Waals surface area contributed by atoms with E-state index in [4.69, 9.17) is 4.74 Å². The van der Waals surface area contributed by atoms with Gasteiger partial charge in [0.15, 0.2) is 0 Å². The number of carbonyl (C=O) groups is 2. The van der Waals surface area contributed by atoms with E-state index in [0.29, 0.717) is 23.6 Å². The molecule has 0 heterocycles. The van der Waals surface area contributed by atoms with E-state index < -0.39 is 28.5 Å². The topological polar surface area (TPSA) is 96.0 Å². The lowest BCUT2D eigenvalue weighted by Crippen LogP contribution is -2.53. The number of amides is 2. The minimum atomic E-state index is -4.16. The minimum absolute atomic E-state index is 0.0592. The molecule has 8 nitrogen and oxygen atoms in total. The molecule has 0 fully saturated rings. The molecule has 0 aliphatic rings. The van der Waals surface area contributed by atoms with Gasteiger partial charge in [0.25, 0.3) is 10.0 Å². The molecule has 236 valence electrons. The molecule has 0 unspecified atom stereocenters. The standard InChI is InChI=1S/C36H41N3O5S/c1-5-28(3)37-36(41)29(4)38(25-24-30-12-8-6-9-13-30)35(40)26-39(45(42,43)34-22-16-27(2)17-23-34)31-18-20-33(21-19-31)44-32-14-10-7-11-15-32/h6-23,28-29H,5,24-26H2,1-4H3,(H,37,41)/t28-,29+/m1/s1. The van der Waals surface area contributed by atoms with Crippen LogP contribution in [0.3, 0.4) is 0 Å². The van der Waals surface area contributed by atoms with Crippen molar-refractivity contribution in [3.8, 4) is 11.5 Å². The first-order valence-corrected chi connectivity index (χ1v) is 16.6. The Morgan fingerprint density at radius 1 is 0.800 bits per heavy atom. The Bertz CT molecular complexity index is 1640. The first kappa shape index (κ1) is 33.3. The third kappa shape index (κ3) is 8.95. The minimum Gasteiger partial charge on any atom is -0.457 e. The first-order valence-electron chi connectivity index (χ1n) is 15.1. The summed E-state index contributed by atoms with van der Waals surface area (Å²) in [6, 6.07) is 31.1. The van der Waals surface area contributed by atoms with Crippen molar-refractivity contribution in [3.63, 3.8) is 0 Å². The number of hydrogen-bond donors (Lipinski definition) is 1. The van der Waals surface area contributed by atoms with E-state index in [9.17, 15) is 18.0 Å². The summed E-state index contributed by atoms with van der Waals surface area (Å²) in [7, 11) is -4.16. The normalized spacial score (nSPS) is 12.5. The maximum atomic E-state index is 14.1. The molecule has 45 heavy (non-hydrogen) atoms. The maximum Gasteiger partial charge on any atom is 0.264 e. The van der Waals surface area contributed by atoms with Crippen molar-refractivity contribution in [1.29, 1.82) is 0 Å². The van der Waals surface area contributed by atoms with Crippen LogP contribution in [0.15, 0.2) is 114 Å². The summed E-state index contributed by atoms with van der Waals surface area (Å²) < 4.78 is 35.2. The Morgan fingerprint density at radius 2 is 1.38 bits per heavy atom. The van der Waals surface area contributed by atoms with Crippen molar-refractivity contribution in [1.82, 2.24) is 10.2 Å². The molecule has 4 aromatic carbocycles. The average Bonchev–Trinajstić information content (AvgIpc) is 3.05. The van der Waals surface area contributed by atoms with Crippen molar-refractivity contribution in [3.05, 3.63) is 120 Å². The first-order chi connectivity index (χ1) is 21.6.